The van der Waals surface area contributed by atoms with Gasteiger partial charge in [-0.15, -0.1) is 0 Å². The summed E-state index contributed by atoms with van der Waals surface area (Å²) in [5.74, 6) is -0.480. The maximum absolute atomic E-state index is 12.8. The summed E-state index contributed by atoms with van der Waals surface area (Å²) in [6, 6.07) is 6.21. The van der Waals surface area contributed by atoms with Crippen molar-refractivity contribution < 1.29 is 14.0 Å². The molecule has 1 rings (SSSR count). The van der Waals surface area contributed by atoms with Crippen molar-refractivity contribution in [1.82, 2.24) is 15.5 Å². The molecule has 0 spiro atoms. The van der Waals surface area contributed by atoms with Gasteiger partial charge < -0.3 is 10.6 Å². The summed E-state index contributed by atoms with van der Waals surface area (Å²) in [6.07, 6.45) is 1.53. The van der Waals surface area contributed by atoms with Crippen molar-refractivity contribution in [3.8, 4) is 0 Å². The van der Waals surface area contributed by atoms with Gasteiger partial charge >= 0.3 is 0 Å². The highest BCUT2D eigenvalue weighted by Gasteiger charge is 2.09. The Morgan fingerprint density at radius 1 is 1.05 bits per heavy atom. The number of halogens is 1. The fourth-order valence-corrected chi connectivity index (χ4v) is 1.92. The molecule has 0 fully saturated rings. The van der Waals surface area contributed by atoms with Gasteiger partial charge in [-0.25, -0.2) is 4.39 Å². The Morgan fingerprint density at radius 3 is 2.14 bits per heavy atom. The lowest BCUT2D eigenvalue weighted by Gasteiger charge is -2.15. The van der Waals surface area contributed by atoms with E-state index in [4.69, 9.17) is 0 Å². The Morgan fingerprint density at radius 2 is 1.59 bits per heavy atom. The van der Waals surface area contributed by atoms with Gasteiger partial charge in [-0.1, -0.05) is 19.1 Å². The van der Waals surface area contributed by atoms with Crippen LogP contribution < -0.4 is 10.6 Å². The monoisotopic (exact) mass is 309 g/mol. The van der Waals surface area contributed by atoms with Gasteiger partial charge in [0.2, 0.25) is 11.8 Å². The summed E-state index contributed by atoms with van der Waals surface area (Å²) in [5, 5.41) is 5.55. The molecule has 22 heavy (non-hydrogen) atoms. The van der Waals surface area contributed by atoms with Crippen molar-refractivity contribution >= 4 is 11.8 Å². The molecule has 0 atom stereocenters. The number of carbonyl (C=O) groups excluding carboxylic acids is 2. The molecule has 1 aromatic carbocycles. The molecule has 1 aromatic rings. The molecule has 0 heterocycles. The van der Waals surface area contributed by atoms with Crippen LogP contribution in [-0.2, 0) is 16.0 Å². The molecule has 2 amide bonds. The molecular formula is C16H24FN3O2. The minimum absolute atomic E-state index is 0.0801. The Balaban J connectivity index is 2.19. The maximum Gasteiger partial charge on any atom is 0.234 e. The highest BCUT2D eigenvalue weighted by molar-refractivity contribution is 5.81. The lowest BCUT2D eigenvalue weighted by molar-refractivity contribution is -0.124. The molecule has 0 saturated heterocycles. The van der Waals surface area contributed by atoms with Crippen LogP contribution in [0, 0.1) is 5.82 Å². The standard InChI is InChI=1S/C16H24FN3O2/c1-3-9-18-15(21)11-20(2)12-16(22)19-10-8-13-4-6-14(17)7-5-13/h4-7H,3,8-12H2,1-2H3,(H,18,21)(H,19,22). The van der Waals surface area contributed by atoms with Gasteiger partial charge in [0, 0.05) is 13.1 Å². The third-order valence-electron chi connectivity index (χ3n) is 3.05. The van der Waals surface area contributed by atoms with Gasteiger partial charge in [0.05, 0.1) is 13.1 Å². The number of benzene rings is 1. The smallest absolute Gasteiger partial charge is 0.234 e. The third kappa shape index (κ3) is 7.73. The van der Waals surface area contributed by atoms with E-state index in [-0.39, 0.29) is 30.7 Å². The zero-order valence-electron chi connectivity index (χ0n) is 13.2. The molecule has 0 aliphatic heterocycles. The number of rotatable bonds is 9. The van der Waals surface area contributed by atoms with E-state index < -0.39 is 0 Å². The number of carbonyl (C=O) groups is 2. The fourth-order valence-electron chi connectivity index (χ4n) is 1.92. The zero-order chi connectivity index (χ0) is 16.4. The highest BCUT2D eigenvalue weighted by atomic mass is 19.1. The maximum atomic E-state index is 12.8. The van der Waals surface area contributed by atoms with Crippen LogP contribution in [0.3, 0.4) is 0 Å². The Labute approximate surface area is 130 Å². The molecule has 6 heteroatoms. The summed E-state index contributed by atoms with van der Waals surface area (Å²) in [6.45, 7) is 3.49. The van der Waals surface area contributed by atoms with E-state index in [1.54, 1.807) is 24.1 Å². The van der Waals surface area contributed by atoms with Crippen molar-refractivity contribution in [2.45, 2.75) is 19.8 Å². The summed E-state index contributed by atoms with van der Waals surface area (Å²) in [4.78, 5) is 24.9. The van der Waals surface area contributed by atoms with Crippen LogP contribution in [0.1, 0.15) is 18.9 Å². The molecule has 0 aliphatic rings. The number of nitrogens with zero attached hydrogens (tertiary/aromatic N) is 1. The molecule has 5 nitrogen and oxygen atoms in total. The van der Waals surface area contributed by atoms with E-state index in [9.17, 15) is 14.0 Å². The van der Waals surface area contributed by atoms with E-state index in [2.05, 4.69) is 10.6 Å². The number of hydrogen-bond acceptors (Lipinski definition) is 3. The third-order valence-corrected chi connectivity index (χ3v) is 3.05. The normalized spacial score (nSPS) is 10.5. The molecule has 0 aromatic heterocycles. The van der Waals surface area contributed by atoms with Crippen LogP contribution in [0.4, 0.5) is 4.39 Å². The number of amides is 2. The second-order valence-electron chi connectivity index (χ2n) is 5.25. The Bertz CT molecular complexity index is 477. The van der Waals surface area contributed by atoms with Gasteiger partial charge in [0.25, 0.3) is 0 Å². The zero-order valence-corrected chi connectivity index (χ0v) is 13.2. The Hall–Kier alpha value is -1.95. The molecule has 0 radical (unpaired) electrons. The molecule has 0 aliphatic carbocycles. The van der Waals surface area contributed by atoms with Gasteiger partial charge in [0.1, 0.15) is 5.82 Å². The first kappa shape index (κ1) is 18.1. The summed E-state index contributed by atoms with van der Waals surface area (Å²) in [5.41, 5.74) is 0.967. The van der Waals surface area contributed by atoms with E-state index in [1.807, 2.05) is 6.92 Å². The van der Waals surface area contributed by atoms with Crippen LogP contribution in [0.25, 0.3) is 0 Å². The lowest BCUT2D eigenvalue weighted by atomic mass is 10.1. The Kier molecular flexibility index (Phi) is 8.14. The first-order valence-corrected chi connectivity index (χ1v) is 7.47. The summed E-state index contributed by atoms with van der Waals surface area (Å²) >= 11 is 0. The van der Waals surface area contributed by atoms with E-state index in [1.165, 1.54) is 12.1 Å². The van der Waals surface area contributed by atoms with Crippen molar-refractivity contribution in [1.29, 1.82) is 0 Å². The minimum atomic E-state index is -0.268. The molecule has 0 saturated carbocycles. The molecule has 0 unspecified atom stereocenters. The summed E-state index contributed by atoms with van der Waals surface area (Å²) in [7, 11) is 1.73. The van der Waals surface area contributed by atoms with E-state index >= 15 is 0 Å². The van der Waals surface area contributed by atoms with Crippen molar-refractivity contribution in [2.24, 2.45) is 0 Å². The molecule has 0 bridgehead atoms. The largest absolute Gasteiger partial charge is 0.355 e. The van der Waals surface area contributed by atoms with Gasteiger partial charge in [-0.3, -0.25) is 14.5 Å². The van der Waals surface area contributed by atoms with Gasteiger partial charge in [-0.2, -0.15) is 0 Å². The van der Waals surface area contributed by atoms with Crippen LogP contribution in [0.2, 0.25) is 0 Å². The predicted octanol–water partition coefficient (Wildman–Crippen LogP) is 0.942. The van der Waals surface area contributed by atoms with Gasteiger partial charge in [-0.05, 0) is 37.6 Å². The van der Waals surface area contributed by atoms with Gasteiger partial charge in [0.15, 0.2) is 0 Å². The van der Waals surface area contributed by atoms with Crippen LogP contribution >= 0.6 is 0 Å². The van der Waals surface area contributed by atoms with Crippen molar-refractivity contribution in [2.75, 3.05) is 33.2 Å². The SMILES string of the molecule is CCCNC(=O)CN(C)CC(=O)NCCc1ccc(F)cc1. The first-order valence-electron chi connectivity index (χ1n) is 7.47. The van der Waals surface area contributed by atoms with Crippen LogP contribution in [0.15, 0.2) is 24.3 Å². The molecule has 122 valence electrons. The topological polar surface area (TPSA) is 61.4 Å². The number of nitrogens with one attached hydrogen (secondary N) is 2. The minimum Gasteiger partial charge on any atom is -0.355 e. The highest BCUT2D eigenvalue weighted by Crippen LogP contribution is 2.02. The second kappa shape index (κ2) is 9.89. The predicted molar refractivity (Wildman–Crippen MR) is 83.9 cm³/mol. The second-order valence-corrected chi connectivity index (χ2v) is 5.25. The average molecular weight is 309 g/mol. The molecule has 2 N–H and O–H groups in total. The lowest BCUT2D eigenvalue weighted by Crippen LogP contribution is -2.41. The number of likely N-dealkylation sites (N-methyl/N-ethyl adjacent to an activating group) is 1. The fraction of sp³-hybridized carbons (Fsp3) is 0.500. The van der Waals surface area contributed by atoms with E-state index in [0.29, 0.717) is 19.5 Å². The van der Waals surface area contributed by atoms with Crippen LogP contribution in [0.5, 0.6) is 0 Å². The molecular weight excluding hydrogens is 285 g/mol. The van der Waals surface area contributed by atoms with Crippen LogP contribution in [-0.4, -0.2) is 49.9 Å². The average Bonchev–Trinajstić information content (AvgIpc) is 2.47. The summed E-state index contributed by atoms with van der Waals surface area (Å²) < 4.78 is 12.8. The number of hydrogen-bond donors (Lipinski definition) is 2. The van der Waals surface area contributed by atoms with Crippen molar-refractivity contribution in [3.63, 3.8) is 0 Å². The first-order chi connectivity index (χ1) is 10.5. The van der Waals surface area contributed by atoms with E-state index in [0.717, 1.165) is 12.0 Å². The van der Waals surface area contributed by atoms with Crippen molar-refractivity contribution in [3.05, 3.63) is 35.6 Å². The quantitative estimate of drug-likeness (QED) is 0.714.